The molecule has 1 aliphatic rings. The molecule has 0 saturated heterocycles. The highest BCUT2D eigenvalue weighted by Gasteiger charge is 2.25. The Balaban J connectivity index is 2.00. The minimum Gasteiger partial charge on any atom is -0.493 e. The number of benzene rings is 1. The third-order valence-corrected chi connectivity index (χ3v) is 4.27. The van der Waals surface area contributed by atoms with Crippen LogP contribution in [0.1, 0.15) is 58.4 Å². The molecule has 0 spiro atoms. The Hall–Kier alpha value is -1.22. The zero-order valence-electron chi connectivity index (χ0n) is 13.9. The van der Waals surface area contributed by atoms with Crippen molar-refractivity contribution in [2.45, 2.75) is 71.1 Å². The number of rotatable bonds is 6. The van der Waals surface area contributed by atoms with Crippen molar-refractivity contribution in [3.8, 4) is 11.5 Å². The van der Waals surface area contributed by atoms with Crippen LogP contribution in [-0.4, -0.2) is 18.8 Å². The minimum absolute atomic E-state index is 0.157. The average molecular weight is 291 g/mol. The van der Waals surface area contributed by atoms with Gasteiger partial charge >= 0.3 is 0 Å². The van der Waals surface area contributed by atoms with Crippen molar-refractivity contribution in [3.63, 3.8) is 0 Å². The van der Waals surface area contributed by atoms with Gasteiger partial charge in [0.2, 0.25) is 0 Å². The number of hydrogen-bond donors (Lipinski definition) is 1. The molecule has 118 valence electrons. The number of hydrogen-bond acceptors (Lipinski definition) is 3. The molecule has 0 atom stereocenters. The third kappa shape index (κ3) is 4.63. The molecule has 1 aromatic carbocycles. The summed E-state index contributed by atoms with van der Waals surface area (Å²) in [4.78, 5) is 0. The Kier molecular flexibility index (Phi) is 5.51. The molecule has 0 unspecified atom stereocenters. The Morgan fingerprint density at radius 1 is 1.14 bits per heavy atom. The maximum Gasteiger partial charge on any atom is 0.161 e. The normalized spacial score (nSPS) is 17.8. The van der Waals surface area contributed by atoms with Crippen molar-refractivity contribution in [3.05, 3.63) is 23.8 Å². The quantitative estimate of drug-likeness (QED) is 0.848. The van der Waals surface area contributed by atoms with E-state index in [4.69, 9.17) is 9.47 Å². The lowest BCUT2D eigenvalue weighted by atomic mass is 9.83. The van der Waals surface area contributed by atoms with Gasteiger partial charge in [-0.15, -0.1) is 0 Å². The van der Waals surface area contributed by atoms with Gasteiger partial charge in [0, 0.05) is 12.1 Å². The molecule has 2 rings (SSSR count). The van der Waals surface area contributed by atoms with Crippen LogP contribution in [0, 0.1) is 0 Å². The number of methoxy groups -OCH3 is 1. The van der Waals surface area contributed by atoms with E-state index >= 15 is 0 Å². The third-order valence-electron chi connectivity index (χ3n) is 4.27. The molecule has 1 aromatic rings. The smallest absolute Gasteiger partial charge is 0.161 e. The van der Waals surface area contributed by atoms with E-state index in [1.165, 1.54) is 37.7 Å². The highest BCUT2D eigenvalue weighted by molar-refractivity contribution is 5.43. The fourth-order valence-corrected chi connectivity index (χ4v) is 3.00. The molecular formula is C18H29NO2. The molecule has 3 heteroatoms. The Morgan fingerprint density at radius 2 is 1.86 bits per heavy atom. The maximum absolute atomic E-state index is 5.76. The Bertz CT molecular complexity index is 451. The Labute approximate surface area is 129 Å². The Morgan fingerprint density at radius 3 is 2.48 bits per heavy atom. The summed E-state index contributed by atoms with van der Waals surface area (Å²) in [6, 6.07) is 6.22. The SMILES string of the molecule is COc1cc(CNC2(C)CCCCC2)ccc1OC(C)C. The molecule has 0 heterocycles. The van der Waals surface area contributed by atoms with E-state index in [0.29, 0.717) is 5.54 Å². The summed E-state index contributed by atoms with van der Waals surface area (Å²) in [7, 11) is 1.70. The monoisotopic (exact) mass is 291 g/mol. The van der Waals surface area contributed by atoms with Crippen molar-refractivity contribution in [1.29, 1.82) is 0 Å². The fraction of sp³-hybridized carbons (Fsp3) is 0.667. The number of ether oxygens (including phenoxy) is 2. The van der Waals surface area contributed by atoms with Gasteiger partial charge in [-0.1, -0.05) is 25.3 Å². The van der Waals surface area contributed by atoms with Crippen LogP contribution in [0.4, 0.5) is 0 Å². The zero-order chi connectivity index (χ0) is 15.3. The molecule has 0 radical (unpaired) electrons. The number of nitrogens with one attached hydrogen (secondary N) is 1. The van der Waals surface area contributed by atoms with E-state index in [0.717, 1.165) is 18.0 Å². The van der Waals surface area contributed by atoms with Crippen LogP contribution < -0.4 is 14.8 Å². The van der Waals surface area contributed by atoms with Crippen molar-refractivity contribution in [2.75, 3.05) is 7.11 Å². The van der Waals surface area contributed by atoms with Crippen LogP contribution in [-0.2, 0) is 6.54 Å². The van der Waals surface area contributed by atoms with Gasteiger partial charge in [-0.3, -0.25) is 0 Å². The highest BCUT2D eigenvalue weighted by Crippen LogP contribution is 2.31. The van der Waals surface area contributed by atoms with Gasteiger partial charge in [-0.05, 0) is 51.3 Å². The van der Waals surface area contributed by atoms with Crippen LogP contribution in [0.3, 0.4) is 0 Å². The van der Waals surface area contributed by atoms with Crippen LogP contribution >= 0.6 is 0 Å². The first-order valence-electron chi connectivity index (χ1n) is 8.11. The molecule has 0 aliphatic heterocycles. The van der Waals surface area contributed by atoms with Gasteiger partial charge in [-0.2, -0.15) is 0 Å². The predicted octanol–water partition coefficient (Wildman–Crippen LogP) is 4.29. The van der Waals surface area contributed by atoms with Crippen molar-refractivity contribution < 1.29 is 9.47 Å². The van der Waals surface area contributed by atoms with E-state index in [-0.39, 0.29) is 6.10 Å². The van der Waals surface area contributed by atoms with Crippen LogP contribution in [0.2, 0.25) is 0 Å². The molecule has 1 aliphatic carbocycles. The molecular weight excluding hydrogens is 262 g/mol. The van der Waals surface area contributed by atoms with E-state index in [1.807, 2.05) is 19.9 Å². The minimum atomic E-state index is 0.157. The lowest BCUT2D eigenvalue weighted by Gasteiger charge is -2.35. The molecule has 3 nitrogen and oxygen atoms in total. The fourth-order valence-electron chi connectivity index (χ4n) is 3.00. The lowest BCUT2D eigenvalue weighted by molar-refractivity contribution is 0.229. The molecule has 1 fully saturated rings. The van der Waals surface area contributed by atoms with Crippen LogP contribution in [0.25, 0.3) is 0 Å². The van der Waals surface area contributed by atoms with Crippen molar-refractivity contribution in [1.82, 2.24) is 5.32 Å². The second kappa shape index (κ2) is 7.17. The first-order valence-corrected chi connectivity index (χ1v) is 8.11. The van der Waals surface area contributed by atoms with Crippen molar-refractivity contribution >= 4 is 0 Å². The van der Waals surface area contributed by atoms with Gasteiger partial charge in [0.1, 0.15) is 0 Å². The first kappa shape index (κ1) is 16.2. The van der Waals surface area contributed by atoms with Gasteiger partial charge in [0.05, 0.1) is 13.2 Å². The highest BCUT2D eigenvalue weighted by atomic mass is 16.5. The van der Waals surface area contributed by atoms with E-state index in [9.17, 15) is 0 Å². The summed E-state index contributed by atoms with van der Waals surface area (Å²) in [6.45, 7) is 7.28. The van der Waals surface area contributed by atoms with Gasteiger partial charge in [0.15, 0.2) is 11.5 Å². The van der Waals surface area contributed by atoms with Gasteiger partial charge in [-0.25, -0.2) is 0 Å². The summed E-state index contributed by atoms with van der Waals surface area (Å²) in [6.07, 6.45) is 6.77. The standard InChI is InChI=1S/C18H29NO2/c1-14(2)21-16-9-8-15(12-17(16)20-4)13-19-18(3)10-6-5-7-11-18/h8-9,12,14,19H,5-7,10-11,13H2,1-4H3. The van der Waals surface area contributed by atoms with E-state index in [1.54, 1.807) is 7.11 Å². The van der Waals surface area contributed by atoms with E-state index in [2.05, 4.69) is 24.4 Å². The maximum atomic E-state index is 5.76. The summed E-state index contributed by atoms with van der Waals surface area (Å²) < 4.78 is 11.2. The van der Waals surface area contributed by atoms with E-state index < -0.39 is 0 Å². The molecule has 1 N–H and O–H groups in total. The summed E-state index contributed by atoms with van der Waals surface area (Å²) >= 11 is 0. The second-order valence-corrected chi connectivity index (χ2v) is 6.63. The largest absolute Gasteiger partial charge is 0.493 e. The van der Waals surface area contributed by atoms with Crippen LogP contribution in [0.15, 0.2) is 18.2 Å². The molecule has 0 bridgehead atoms. The van der Waals surface area contributed by atoms with Gasteiger partial charge < -0.3 is 14.8 Å². The summed E-state index contributed by atoms with van der Waals surface area (Å²) in [5, 5.41) is 3.73. The second-order valence-electron chi connectivity index (χ2n) is 6.63. The average Bonchev–Trinajstić information content (AvgIpc) is 2.46. The first-order chi connectivity index (χ1) is 10.0. The summed E-state index contributed by atoms with van der Waals surface area (Å²) in [5.41, 5.74) is 1.54. The summed E-state index contributed by atoms with van der Waals surface area (Å²) in [5.74, 6) is 1.64. The lowest BCUT2D eigenvalue weighted by Crippen LogP contribution is -2.43. The topological polar surface area (TPSA) is 30.5 Å². The molecule has 0 amide bonds. The molecule has 1 saturated carbocycles. The van der Waals surface area contributed by atoms with Gasteiger partial charge in [0.25, 0.3) is 0 Å². The van der Waals surface area contributed by atoms with Crippen LogP contribution in [0.5, 0.6) is 11.5 Å². The molecule has 21 heavy (non-hydrogen) atoms. The molecule has 0 aromatic heterocycles. The zero-order valence-corrected chi connectivity index (χ0v) is 13.9. The predicted molar refractivity (Wildman–Crippen MR) is 87.1 cm³/mol. The van der Waals surface area contributed by atoms with Crippen molar-refractivity contribution in [2.24, 2.45) is 0 Å².